The smallest absolute Gasteiger partial charge is 0.416 e. The molecule has 3 aromatic rings. The molecule has 1 heterocycles. The van der Waals surface area contributed by atoms with Crippen molar-refractivity contribution in [2.75, 3.05) is 7.05 Å². The van der Waals surface area contributed by atoms with Crippen LogP contribution in [-0.2, 0) is 23.9 Å². The zero-order chi connectivity index (χ0) is 21.0. The topological polar surface area (TPSA) is 46.3 Å². The van der Waals surface area contributed by atoms with Gasteiger partial charge in [0.2, 0.25) is 5.91 Å². The standard InChI is InChI=1S/C21H18F4N2O2/c1-27(13-14-6-8-15(9-7-14)21(23,24)25)20(28)11-10-19-26-12-18(29-19)16-4-2-3-5-17(16)22/h2-9,12H,10-11,13H2,1H3. The van der Waals surface area contributed by atoms with Crippen molar-refractivity contribution in [2.24, 2.45) is 0 Å². The van der Waals surface area contributed by atoms with Crippen molar-refractivity contribution in [3.63, 3.8) is 0 Å². The molecule has 152 valence electrons. The van der Waals surface area contributed by atoms with E-state index in [1.54, 1.807) is 25.2 Å². The van der Waals surface area contributed by atoms with Crippen molar-refractivity contribution in [1.82, 2.24) is 9.88 Å². The zero-order valence-corrected chi connectivity index (χ0v) is 15.5. The summed E-state index contributed by atoms with van der Waals surface area (Å²) in [5.74, 6) is -0.0544. The predicted molar refractivity (Wildman–Crippen MR) is 98.1 cm³/mol. The monoisotopic (exact) mass is 406 g/mol. The van der Waals surface area contributed by atoms with Crippen LogP contribution in [0.15, 0.2) is 59.1 Å². The first-order valence-corrected chi connectivity index (χ1v) is 8.84. The number of aromatic nitrogens is 1. The summed E-state index contributed by atoms with van der Waals surface area (Å²) in [7, 11) is 1.57. The van der Waals surface area contributed by atoms with Crippen molar-refractivity contribution in [3.8, 4) is 11.3 Å². The third kappa shape index (κ3) is 5.22. The van der Waals surface area contributed by atoms with Crippen LogP contribution < -0.4 is 0 Å². The van der Waals surface area contributed by atoms with Gasteiger partial charge in [-0.2, -0.15) is 13.2 Å². The highest BCUT2D eigenvalue weighted by Crippen LogP contribution is 2.29. The average molecular weight is 406 g/mol. The highest BCUT2D eigenvalue weighted by molar-refractivity contribution is 5.76. The Bertz CT molecular complexity index is 981. The van der Waals surface area contributed by atoms with Gasteiger partial charge in [-0.3, -0.25) is 4.79 Å². The lowest BCUT2D eigenvalue weighted by molar-refractivity contribution is -0.137. The SMILES string of the molecule is CN(Cc1ccc(C(F)(F)F)cc1)C(=O)CCc1ncc(-c2ccccc2F)o1. The molecule has 4 nitrogen and oxygen atoms in total. The molecule has 3 rings (SSSR count). The van der Waals surface area contributed by atoms with Gasteiger partial charge in [0.1, 0.15) is 5.82 Å². The van der Waals surface area contributed by atoms with Gasteiger partial charge in [-0.1, -0.05) is 24.3 Å². The largest absolute Gasteiger partial charge is 0.441 e. The second-order valence-corrected chi connectivity index (χ2v) is 6.54. The van der Waals surface area contributed by atoms with E-state index in [9.17, 15) is 22.4 Å². The van der Waals surface area contributed by atoms with Gasteiger partial charge >= 0.3 is 6.18 Å². The Morgan fingerprint density at radius 2 is 1.79 bits per heavy atom. The minimum atomic E-state index is -4.39. The number of alkyl halides is 3. The first-order valence-electron chi connectivity index (χ1n) is 8.84. The Morgan fingerprint density at radius 1 is 1.10 bits per heavy atom. The van der Waals surface area contributed by atoms with Gasteiger partial charge in [-0.05, 0) is 29.8 Å². The quantitative estimate of drug-likeness (QED) is 0.536. The van der Waals surface area contributed by atoms with Gasteiger partial charge in [0.25, 0.3) is 0 Å². The molecule has 29 heavy (non-hydrogen) atoms. The summed E-state index contributed by atoms with van der Waals surface area (Å²) in [6.45, 7) is 0.184. The molecule has 0 spiro atoms. The minimum Gasteiger partial charge on any atom is -0.441 e. The molecule has 0 saturated heterocycles. The molecule has 0 atom stereocenters. The van der Waals surface area contributed by atoms with Crippen molar-refractivity contribution >= 4 is 5.91 Å². The summed E-state index contributed by atoms with van der Waals surface area (Å²) in [5.41, 5.74) is 0.147. The summed E-state index contributed by atoms with van der Waals surface area (Å²) in [6.07, 6.45) is -2.65. The number of hydrogen-bond acceptors (Lipinski definition) is 3. The molecule has 0 aliphatic heterocycles. The number of aryl methyl sites for hydroxylation is 1. The Balaban J connectivity index is 1.55. The maximum absolute atomic E-state index is 13.8. The number of benzene rings is 2. The first kappa shape index (κ1) is 20.6. The molecular formula is C21H18F4N2O2. The van der Waals surface area contributed by atoms with Gasteiger partial charge in [0.15, 0.2) is 11.7 Å². The fourth-order valence-electron chi connectivity index (χ4n) is 2.78. The van der Waals surface area contributed by atoms with Crippen molar-refractivity contribution < 1.29 is 26.8 Å². The fraction of sp³-hybridized carbons (Fsp3) is 0.238. The number of oxazole rings is 1. The van der Waals surface area contributed by atoms with E-state index in [-0.39, 0.29) is 36.6 Å². The number of rotatable bonds is 6. The Hall–Kier alpha value is -3.16. The normalized spacial score (nSPS) is 11.5. The van der Waals surface area contributed by atoms with Gasteiger partial charge in [0.05, 0.1) is 17.3 Å². The zero-order valence-electron chi connectivity index (χ0n) is 15.5. The Labute approximate surface area is 164 Å². The van der Waals surface area contributed by atoms with Crippen LogP contribution in [0.2, 0.25) is 0 Å². The van der Waals surface area contributed by atoms with Crippen LogP contribution in [0, 0.1) is 5.82 Å². The molecule has 1 aromatic heterocycles. The molecular weight excluding hydrogens is 388 g/mol. The molecule has 0 aliphatic rings. The van der Waals surface area contributed by atoms with E-state index in [1.807, 2.05) is 0 Å². The molecule has 0 fully saturated rings. The van der Waals surface area contributed by atoms with E-state index in [0.717, 1.165) is 12.1 Å². The molecule has 0 radical (unpaired) electrons. The number of nitrogens with zero attached hydrogens (tertiary/aromatic N) is 2. The highest BCUT2D eigenvalue weighted by atomic mass is 19.4. The van der Waals surface area contributed by atoms with Crippen LogP contribution in [0.4, 0.5) is 17.6 Å². The van der Waals surface area contributed by atoms with Crippen LogP contribution in [0.3, 0.4) is 0 Å². The number of amides is 1. The van der Waals surface area contributed by atoms with Crippen molar-refractivity contribution in [1.29, 1.82) is 0 Å². The van der Waals surface area contributed by atoms with E-state index < -0.39 is 17.6 Å². The number of halogens is 4. The third-order valence-corrected chi connectivity index (χ3v) is 4.37. The van der Waals surface area contributed by atoms with Crippen molar-refractivity contribution in [2.45, 2.75) is 25.6 Å². The van der Waals surface area contributed by atoms with E-state index in [2.05, 4.69) is 4.98 Å². The van der Waals surface area contributed by atoms with Gasteiger partial charge in [0, 0.05) is 26.4 Å². The Kier molecular flexibility index (Phi) is 6.00. The summed E-state index contributed by atoms with van der Waals surface area (Å²) >= 11 is 0. The fourth-order valence-corrected chi connectivity index (χ4v) is 2.78. The van der Waals surface area contributed by atoms with E-state index in [1.165, 1.54) is 29.3 Å². The molecule has 0 N–H and O–H groups in total. The average Bonchev–Trinajstić information content (AvgIpc) is 3.15. The highest BCUT2D eigenvalue weighted by Gasteiger charge is 2.30. The maximum atomic E-state index is 13.8. The lowest BCUT2D eigenvalue weighted by Crippen LogP contribution is -2.26. The summed E-state index contributed by atoms with van der Waals surface area (Å²) < 4.78 is 57.1. The van der Waals surface area contributed by atoms with E-state index >= 15 is 0 Å². The second-order valence-electron chi connectivity index (χ2n) is 6.54. The van der Waals surface area contributed by atoms with Gasteiger partial charge < -0.3 is 9.32 Å². The lowest BCUT2D eigenvalue weighted by Gasteiger charge is -2.17. The van der Waals surface area contributed by atoms with Gasteiger partial charge in [-0.15, -0.1) is 0 Å². The summed E-state index contributed by atoms with van der Waals surface area (Å²) in [4.78, 5) is 17.8. The number of carbonyl (C=O) groups excluding carboxylic acids is 1. The van der Waals surface area contributed by atoms with E-state index in [0.29, 0.717) is 11.5 Å². The second kappa shape index (κ2) is 8.46. The van der Waals surface area contributed by atoms with Crippen LogP contribution in [0.25, 0.3) is 11.3 Å². The molecule has 0 aliphatic carbocycles. The maximum Gasteiger partial charge on any atom is 0.416 e. The van der Waals surface area contributed by atoms with E-state index in [4.69, 9.17) is 4.42 Å². The van der Waals surface area contributed by atoms with Crippen LogP contribution in [-0.4, -0.2) is 22.8 Å². The number of carbonyl (C=O) groups is 1. The molecule has 1 amide bonds. The summed E-state index contributed by atoms with van der Waals surface area (Å²) in [6, 6.07) is 10.8. The van der Waals surface area contributed by atoms with Crippen molar-refractivity contribution in [3.05, 3.63) is 77.6 Å². The lowest BCUT2D eigenvalue weighted by atomic mass is 10.1. The van der Waals surface area contributed by atoms with Crippen LogP contribution in [0.5, 0.6) is 0 Å². The third-order valence-electron chi connectivity index (χ3n) is 4.37. The molecule has 2 aromatic carbocycles. The van der Waals surface area contributed by atoms with Crippen LogP contribution >= 0.6 is 0 Å². The molecule has 0 unspecified atom stereocenters. The molecule has 0 bridgehead atoms. The molecule has 0 saturated carbocycles. The van der Waals surface area contributed by atoms with Crippen LogP contribution in [0.1, 0.15) is 23.4 Å². The number of hydrogen-bond donors (Lipinski definition) is 0. The summed E-state index contributed by atoms with van der Waals surface area (Å²) in [5, 5.41) is 0. The minimum absolute atomic E-state index is 0.106. The Morgan fingerprint density at radius 3 is 2.45 bits per heavy atom. The molecule has 8 heteroatoms. The first-order chi connectivity index (χ1) is 13.7. The van der Waals surface area contributed by atoms with Gasteiger partial charge in [-0.25, -0.2) is 9.37 Å². The predicted octanol–water partition coefficient (Wildman–Crippen LogP) is 5.09.